The van der Waals surface area contributed by atoms with Crippen LogP contribution >= 0.6 is 0 Å². The van der Waals surface area contributed by atoms with Gasteiger partial charge in [0.25, 0.3) is 0 Å². The van der Waals surface area contributed by atoms with E-state index in [0.29, 0.717) is 18.7 Å². The van der Waals surface area contributed by atoms with E-state index in [1.54, 1.807) is 18.2 Å². The van der Waals surface area contributed by atoms with Crippen LogP contribution in [0.25, 0.3) is 0 Å². The van der Waals surface area contributed by atoms with Crippen LogP contribution < -0.4 is 10.1 Å². The first-order valence-corrected chi connectivity index (χ1v) is 7.12. The Morgan fingerprint density at radius 3 is 3.19 bits per heavy atom. The number of ether oxygens (including phenoxy) is 2. The van der Waals surface area contributed by atoms with Crippen LogP contribution in [-0.4, -0.2) is 49.8 Å². The number of nitrogens with zero attached hydrogens (tertiary/aromatic N) is 1. The minimum Gasteiger partial charge on any atom is -0.494 e. The third-order valence-electron chi connectivity index (χ3n) is 4.07. The van der Waals surface area contributed by atoms with E-state index in [4.69, 9.17) is 9.47 Å². The maximum atomic E-state index is 14.2. The Bertz CT molecular complexity index is 538. The normalized spacial score (nSPS) is 26.1. The first-order valence-electron chi connectivity index (χ1n) is 7.12. The predicted octanol–water partition coefficient (Wildman–Crippen LogP) is 0.924. The molecule has 2 aliphatic rings. The van der Waals surface area contributed by atoms with Crippen LogP contribution in [0.2, 0.25) is 0 Å². The Morgan fingerprint density at radius 1 is 1.52 bits per heavy atom. The molecule has 0 spiro atoms. The number of benzene rings is 1. The van der Waals surface area contributed by atoms with Crippen molar-refractivity contribution >= 4 is 5.91 Å². The number of methoxy groups -OCH3 is 1. The minimum absolute atomic E-state index is 0.00586. The summed E-state index contributed by atoms with van der Waals surface area (Å²) in [5, 5.41) is 2.95. The molecule has 0 unspecified atom stereocenters. The highest BCUT2D eigenvalue weighted by Crippen LogP contribution is 2.24. The number of carbonyl (C=O) groups is 1. The van der Waals surface area contributed by atoms with Crippen molar-refractivity contribution in [2.24, 2.45) is 0 Å². The van der Waals surface area contributed by atoms with Crippen LogP contribution in [0.15, 0.2) is 18.2 Å². The molecule has 114 valence electrons. The summed E-state index contributed by atoms with van der Waals surface area (Å²) >= 11 is 0. The van der Waals surface area contributed by atoms with Gasteiger partial charge in [-0.2, -0.15) is 0 Å². The van der Waals surface area contributed by atoms with Gasteiger partial charge in [-0.05, 0) is 12.5 Å². The molecular weight excluding hydrogens is 275 g/mol. The van der Waals surface area contributed by atoms with Crippen molar-refractivity contribution in [2.45, 2.75) is 25.1 Å². The molecule has 0 radical (unpaired) electrons. The lowest BCUT2D eigenvalue weighted by Gasteiger charge is -2.41. The number of hydrogen-bond donors (Lipinski definition) is 1. The second-order valence-electron chi connectivity index (χ2n) is 5.48. The van der Waals surface area contributed by atoms with E-state index < -0.39 is 0 Å². The van der Waals surface area contributed by atoms with Crippen LogP contribution in [0.5, 0.6) is 5.75 Å². The van der Waals surface area contributed by atoms with E-state index >= 15 is 0 Å². The number of halogens is 1. The average Bonchev–Trinajstić information content (AvgIpc) is 2.49. The Labute approximate surface area is 123 Å². The third-order valence-corrected chi connectivity index (χ3v) is 4.07. The Kier molecular flexibility index (Phi) is 4.07. The Balaban J connectivity index is 1.67. The summed E-state index contributed by atoms with van der Waals surface area (Å²) in [6.07, 6.45) is 0.922. The molecule has 0 aromatic heterocycles. The van der Waals surface area contributed by atoms with Gasteiger partial charge in [0.05, 0.1) is 19.3 Å². The molecule has 1 amide bonds. The molecule has 2 fully saturated rings. The van der Waals surface area contributed by atoms with E-state index in [0.717, 1.165) is 13.0 Å². The van der Waals surface area contributed by atoms with Gasteiger partial charge in [0.15, 0.2) is 11.6 Å². The molecule has 21 heavy (non-hydrogen) atoms. The second kappa shape index (κ2) is 5.99. The molecule has 2 saturated heterocycles. The quantitative estimate of drug-likeness (QED) is 0.901. The van der Waals surface area contributed by atoms with Crippen LogP contribution in [0.1, 0.15) is 12.0 Å². The SMILES string of the molecule is COc1cccc(CN2CC[C@H]3OCC(=O)N[C@@H]3C2)c1F. The standard InChI is InChI=1S/C15H19FN2O3/c1-20-13-4-2-3-10(15(13)16)7-18-6-5-12-11(8-18)17-14(19)9-21-12/h2-4,11-12H,5-9H2,1H3,(H,17,19)/t11-,12-/m1/s1. The zero-order valence-electron chi connectivity index (χ0n) is 12.0. The summed E-state index contributed by atoms with van der Waals surface area (Å²) in [7, 11) is 1.46. The van der Waals surface area contributed by atoms with E-state index in [-0.39, 0.29) is 36.2 Å². The molecule has 2 atom stereocenters. The largest absolute Gasteiger partial charge is 0.494 e. The number of likely N-dealkylation sites (tertiary alicyclic amines) is 1. The number of rotatable bonds is 3. The summed E-state index contributed by atoms with van der Waals surface area (Å²) in [6, 6.07) is 5.16. The van der Waals surface area contributed by atoms with Crippen molar-refractivity contribution in [3.63, 3.8) is 0 Å². The van der Waals surface area contributed by atoms with Gasteiger partial charge in [0.2, 0.25) is 5.91 Å². The van der Waals surface area contributed by atoms with Crippen molar-refractivity contribution < 1.29 is 18.7 Å². The predicted molar refractivity (Wildman–Crippen MR) is 74.5 cm³/mol. The smallest absolute Gasteiger partial charge is 0.246 e. The minimum atomic E-state index is -0.314. The first-order chi connectivity index (χ1) is 10.2. The summed E-state index contributed by atoms with van der Waals surface area (Å²) in [4.78, 5) is 13.5. The summed E-state index contributed by atoms with van der Waals surface area (Å²) < 4.78 is 24.7. The van der Waals surface area contributed by atoms with Gasteiger partial charge >= 0.3 is 0 Å². The molecule has 1 aromatic carbocycles. The topological polar surface area (TPSA) is 50.8 Å². The summed E-state index contributed by atoms with van der Waals surface area (Å²) in [6.45, 7) is 2.15. The fourth-order valence-corrected chi connectivity index (χ4v) is 2.99. The first kappa shape index (κ1) is 14.3. The van der Waals surface area contributed by atoms with Crippen molar-refractivity contribution in [1.82, 2.24) is 10.2 Å². The number of fused-ring (bicyclic) bond motifs is 1. The van der Waals surface area contributed by atoms with Gasteiger partial charge < -0.3 is 14.8 Å². The molecule has 5 nitrogen and oxygen atoms in total. The molecule has 3 rings (SSSR count). The average molecular weight is 294 g/mol. The van der Waals surface area contributed by atoms with Gasteiger partial charge in [0, 0.05) is 25.2 Å². The fraction of sp³-hybridized carbons (Fsp3) is 0.533. The second-order valence-corrected chi connectivity index (χ2v) is 5.48. The molecule has 6 heteroatoms. The number of amides is 1. The molecule has 1 N–H and O–H groups in total. The lowest BCUT2D eigenvalue weighted by atomic mass is 10.00. The summed E-state index contributed by atoms with van der Waals surface area (Å²) in [5.41, 5.74) is 0.607. The number of hydrogen-bond acceptors (Lipinski definition) is 4. The molecule has 0 aliphatic carbocycles. The van der Waals surface area contributed by atoms with Gasteiger partial charge in [-0.3, -0.25) is 9.69 Å². The zero-order valence-corrected chi connectivity index (χ0v) is 12.0. The fourth-order valence-electron chi connectivity index (χ4n) is 2.99. The Morgan fingerprint density at radius 2 is 2.38 bits per heavy atom. The van der Waals surface area contributed by atoms with Gasteiger partial charge in [-0.15, -0.1) is 0 Å². The molecule has 0 bridgehead atoms. The van der Waals surface area contributed by atoms with Crippen molar-refractivity contribution in [2.75, 3.05) is 26.8 Å². The van der Waals surface area contributed by atoms with Crippen LogP contribution in [0.3, 0.4) is 0 Å². The molecule has 0 saturated carbocycles. The van der Waals surface area contributed by atoms with Crippen LogP contribution in [0, 0.1) is 5.82 Å². The van der Waals surface area contributed by atoms with Crippen LogP contribution in [0.4, 0.5) is 4.39 Å². The molecular formula is C15H19FN2O3. The molecule has 2 heterocycles. The molecule has 1 aromatic rings. The van der Waals surface area contributed by atoms with Crippen molar-refractivity contribution in [3.05, 3.63) is 29.6 Å². The monoisotopic (exact) mass is 294 g/mol. The number of carbonyl (C=O) groups excluding carboxylic acids is 1. The highest BCUT2D eigenvalue weighted by atomic mass is 19.1. The Hall–Kier alpha value is -1.66. The lowest BCUT2D eigenvalue weighted by molar-refractivity contribution is -0.140. The highest BCUT2D eigenvalue weighted by Gasteiger charge is 2.34. The van der Waals surface area contributed by atoms with Gasteiger partial charge in [0.1, 0.15) is 6.61 Å². The van der Waals surface area contributed by atoms with Gasteiger partial charge in [-0.25, -0.2) is 4.39 Å². The van der Waals surface area contributed by atoms with Crippen molar-refractivity contribution in [1.29, 1.82) is 0 Å². The lowest BCUT2D eigenvalue weighted by Crippen LogP contribution is -2.60. The van der Waals surface area contributed by atoms with E-state index in [9.17, 15) is 9.18 Å². The van der Waals surface area contributed by atoms with E-state index in [1.165, 1.54) is 7.11 Å². The number of nitrogens with one attached hydrogen (secondary N) is 1. The maximum Gasteiger partial charge on any atom is 0.246 e. The van der Waals surface area contributed by atoms with Gasteiger partial charge in [-0.1, -0.05) is 12.1 Å². The van der Waals surface area contributed by atoms with E-state index in [2.05, 4.69) is 10.2 Å². The van der Waals surface area contributed by atoms with E-state index in [1.807, 2.05) is 0 Å². The number of morpholine rings is 1. The highest BCUT2D eigenvalue weighted by molar-refractivity contribution is 5.78. The molecule has 2 aliphatic heterocycles. The maximum absolute atomic E-state index is 14.2. The number of piperidine rings is 1. The summed E-state index contributed by atoms with van der Waals surface area (Å²) in [5.74, 6) is -0.131. The third kappa shape index (κ3) is 3.01. The van der Waals surface area contributed by atoms with Crippen LogP contribution in [-0.2, 0) is 16.1 Å². The van der Waals surface area contributed by atoms with Crippen molar-refractivity contribution in [3.8, 4) is 5.75 Å². The zero-order chi connectivity index (χ0) is 14.8.